The van der Waals surface area contributed by atoms with Crippen molar-refractivity contribution in [2.45, 2.75) is 70.1 Å². The van der Waals surface area contributed by atoms with E-state index in [0.717, 1.165) is 0 Å². The number of hydrogen-bond donors (Lipinski definition) is 9. The second-order valence-electron chi connectivity index (χ2n) is 8.08. The Morgan fingerprint density at radius 2 is 1.39 bits per heavy atom. The maximum Gasteiger partial charge on any atom is 0.326 e. The number of guanidine groups is 1. The Bertz CT molecular complexity index is 845. The molecule has 0 aliphatic carbocycles. The van der Waals surface area contributed by atoms with Gasteiger partial charge in [0.05, 0.1) is 18.9 Å². The van der Waals surface area contributed by atoms with Gasteiger partial charge in [-0.25, -0.2) is 4.79 Å². The van der Waals surface area contributed by atoms with Crippen molar-refractivity contribution < 1.29 is 44.1 Å². The van der Waals surface area contributed by atoms with Crippen LogP contribution in [0.2, 0.25) is 0 Å². The molecule has 204 valence electrons. The van der Waals surface area contributed by atoms with Gasteiger partial charge in [0.1, 0.15) is 18.1 Å². The van der Waals surface area contributed by atoms with Crippen molar-refractivity contribution >= 4 is 41.6 Å². The lowest BCUT2D eigenvalue weighted by atomic mass is 9.97. The number of carbonyl (C=O) groups is 6. The van der Waals surface area contributed by atoms with Crippen molar-refractivity contribution in [1.29, 1.82) is 0 Å². The van der Waals surface area contributed by atoms with E-state index in [1.807, 2.05) is 0 Å². The highest BCUT2D eigenvalue weighted by Crippen LogP contribution is 2.11. The summed E-state index contributed by atoms with van der Waals surface area (Å²) in [6, 6.07) is -5.72. The molecule has 5 unspecified atom stereocenters. The fourth-order valence-electron chi connectivity index (χ4n) is 2.92. The molecule has 0 aliphatic heterocycles. The van der Waals surface area contributed by atoms with Crippen LogP contribution in [-0.2, 0) is 28.8 Å². The number of nitrogens with one attached hydrogen (secondary N) is 3. The standard InChI is InChI=1S/C20H35N7O9/c1-3-9(2)15(18(34)26-12(19(35)36)8-14(30)31)27-17(33)11(5-4-6-24-20(22)23)25-16(32)10(21)7-13(28)29/h9-12,15H,3-8,21H2,1-2H3,(H,25,32)(H,26,34)(H,27,33)(H,28,29)(H,30,31)(H,35,36)(H4,22,23,24). The quantitative estimate of drug-likeness (QED) is 0.0526. The summed E-state index contributed by atoms with van der Waals surface area (Å²) in [4.78, 5) is 75.0. The minimum absolute atomic E-state index is 0.0141. The predicted octanol–water partition coefficient (Wildman–Crippen LogP) is -3.10. The molecule has 0 radical (unpaired) electrons. The first-order valence-corrected chi connectivity index (χ1v) is 11.1. The fraction of sp³-hybridized carbons (Fsp3) is 0.650. The summed E-state index contributed by atoms with van der Waals surface area (Å²) in [5, 5.41) is 33.8. The number of amides is 3. The number of hydrogen-bond acceptors (Lipinski definition) is 8. The molecule has 0 saturated heterocycles. The Labute approximate surface area is 207 Å². The number of rotatable bonds is 17. The molecule has 0 heterocycles. The topological polar surface area (TPSA) is 290 Å². The third kappa shape index (κ3) is 12.5. The highest BCUT2D eigenvalue weighted by Gasteiger charge is 2.33. The summed E-state index contributed by atoms with van der Waals surface area (Å²) >= 11 is 0. The van der Waals surface area contributed by atoms with E-state index >= 15 is 0 Å². The number of aliphatic carboxylic acids is 3. The lowest BCUT2D eigenvalue weighted by Gasteiger charge is -2.28. The molecule has 0 aromatic rings. The van der Waals surface area contributed by atoms with E-state index in [1.165, 1.54) is 0 Å². The van der Waals surface area contributed by atoms with Gasteiger partial charge in [-0.05, 0) is 18.8 Å². The first kappa shape index (κ1) is 32.0. The summed E-state index contributed by atoms with van der Waals surface area (Å²) < 4.78 is 0. The minimum atomic E-state index is -1.73. The number of carbonyl (C=O) groups excluding carboxylic acids is 3. The van der Waals surface area contributed by atoms with Crippen molar-refractivity contribution in [3.63, 3.8) is 0 Å². The second kappa shape index (κ2) is 15.9. The van der Waals surface area contributed by atoms with Crippen LogP contribution in [0.5, 0.6) is 0 Å². The first-order valence-electron chi connectivity index (χ1n) is 11.1. The zero-order valence-electron chi connectivity index (χ0n) is 20.1. The molecular formula is C20H35N7O9. The highest BCUT2D eigenvalue weighted by molar-refractivity contribution is 5.95. The van der Waals surface area contributed by atoms with Crippen molar-refractivity contribution in [2.24, 2.45) is 28.1 Å². The largest absolute Gasteiger partial charge is 0.481 e. The van der Waals surface area contributed by atoms with Crippen LogP contribution in [0.15, 0.2) is 4.99 Å². The molecule has 5 atom stereocenters. The molecule has 12 N–H and O–H groups in total. The molecule has 36 heavy (non-hydrogen) atoms. The normalized spacial score (nSPS) is 14.8. The van der Waals surface area contributed by atoms with Crippen LogP contribution in [0.1, 0.15) is 46.0 Å². The van der Waals surface area contributed by atoms with Gasteiger partial charge in [0.25, 0.3) is 0 Å². The maximum absolute atomic E-state index is 13.0. The first-order chi connectivity index (χ1) is 16.7. The van der Waals surface area contributed by atoms with Crippen LogP contribution >= 0.6 is 0 Å². The number of carboxylic acid groups (broad SMARTS) is 3. The monoisotopic (exact) mass is 517 g/mol. The van der Waals surface area contributed by atoms with E-state index in [0.29, 0.717) is 6.42 Å². The highest BCUT2D eigenvalue weighted by atomic mass is 16.4. The second-order valence-corrected chi connectivity index (χ2v) is 8.08. The molecule has 0 spiro atoms. The van der Waals surface area contributed by atoms with Gasteiger partial charge in [-0.15, -0.1) is 0 Å². The van der Waals surface area contributed by atoms with E-state index in [4.69, 9.17) is 27.4 Å². The molecule has 16 nitrogen and oxygen atoms in total. The minimum Gasteiger partial charge on any atom is -0.481 e. The Kier molecular flexibility index (Phi) is 14.1. The van der Waals surface area contributed by atoms with Crippen LogP contribution in [0.4, 0.5) is 0 Å². The molecular weight excluding hydrogens is 482 g/mol. The average molecular weight is 518 g/mol. The van der Waals surface area contributed by atoms with Crippen LogP contribution in [-0.4, -0.2) is 87.6 Å². The number of aliphatic imine (C=N–C) groups is 1. The molecule has 0 bridgehead atoms. The molecule has 16 heteroatoms. The molecule has 0 saturated carbocycles. The molecule has 0 aliphatic rings. The average Bonchev–Trinajstić information content (AvgIpc) is 2.76. The van der Waals surface area contributed by atoms with E-state index in [-0.39, 0.29) is 25.3 Å². The fourth-order valence-corrected chi connectivity index (χ4v) is 2.92. The smallest absolute Gasteiger partial charge is 0.326 e. The summed E-state index contributed by atoms with van der Waals surface area (Å²) in [7, 11) is 0. The Hall–Kier alpha value is -3.95. The number of nitrogens with zero attached hydrogens (tertiary/aromatic N) is 1. The zero-order chi connectivity index (χ0) is 28.0. The van der Waals surface area contributed by atoms with Crippen LogP contribution in [0.25, 0.3) is 0 Å². The Morgan fingerprint density at radius 1 is 0.833 bits per heavy atom. The van der Waals surface area contributed by atoms with Crippen molar-refractivity contribution in [2.75, 3.05) is 6.54 Å². The van der Waals surface area contributed by atoms with E-state index < -0.39 is 78.6 Å². The molecule has 0 fully saturated rings. The number of nitrogens with two attached hydrogens (primary N) is 3. The third-order valence-corrected chi connectivity index (χ3v) is 5.10. The maximum atomic E-state index is 13.0. The summed E-state index contributed by atoms with van der Waals surface area (Å²) in [6.07, 6.45) is -0.996. The van der Waals surface area contributed by atoms with Gasteiger partial charge in [-0.1, -0.05) is 20.3 Å². The van der Waals surface area contributed by atoms with Gasteiger partial charge < -0.3 is 48.5 Å². The van der Waals surface area contributed by atoms with Crippen LogP contribution < -0.4 is 33.2 Å². The lowest BCUT2D eigenvalue weighted by Crippen LogP contribution is -2.58. The SMILES string of the molecule is CCC(C)C(NC(=O)C(CCCN=C(N)N)NC(=O)C(N)CC(=O)O)C(=O)NC(CC(=O)O)C(=O)O. The Morgan fingerprint density at radius 3 is 1.86 bits per heavy atom. The lowest BCUT2D eigenvalue weighted by molar-refractivity contribution is -0.147. The van der Waals surface area contributed by atoms with Gasteiger partial charge in [-0.3, -0.25) is 29.0 Å². The molecule has 0 aromatic heterocycles. The summed E-state index contributed by atoms with van der Waals surface area (Å²) in [5.41, 5.74) is 16.1. The van der Waals surface area contributed by atoms with E-state index in [1.54, 1.807) is 13.8 Å². The summed E-state index contributed by atoms with van der Waals surface area (Å²) in [6.45, 7) is 3.42. The predicted molar refractivity (Wildman–Crippen MR) is 125 cm³/mol. The Balaban J connectivity index is 5.69. The molecule has 3 amide bonds. The van der Waals surface area contributed by atoms with Gasteiger partial charge in [0.15, 0.2) is 5.96 Å². The van der Waals surface area contributed by atoms with Crippen molar-refractivity contribution in [3.8, 4) is 0 Å². The van der Waals surface area contributed by atoms with Crippen molar-refractivity contribution in [1.82, 2.24) is 16.0 Å². The third-order valence-electron chi connectivity index (χ3n) is 5.10. The molecule has 0 rings (SSSR count). The van der Waals surface area contributed by atoms with Crippen molar-refractivity contribution in [3.05, 3.63) is 0 Å². The number of carboxylic acids is 3. The zero-order valence-corrected chi connectivity index (χ0v) is 20.1. The van der Waals surface area contributed by atoms with Gasteiger partial charge in [-0.2, -0.15) is 0 Å². The van der Waals surface area contributed by atoms with E-state index in [9.17, 15) is 33.9 Å². The summed E-state index contributed by atoms with van der Waals surface area (Å²) in [5.74, 6) is -7.73. The molecule has 0 aromatic carbocycles. The van der Waals surface area contributed by atoms with Crippen LogP contribution in [0.3, 0.4) is 0 Å². The van der Waals surface area contributed by atoms with E-state index in [2.05, 4.69) is 20.9 Å². The van der Waals surface area contributed by atoms with Gasteiger partial charge in [0.2, 0.25) is 17.7 Å². The van der Waals surface area contributed by atoms with Gasteiger partial charge >= 0.3 is 17.9 Å². The van der Waals surface area contributed by atoms with Crippen LogP contribution in [0, 0.1) is 5.92 Å². The van der Waals surface area contributed by atoms with Gasteiger partial charge in [0, 0.05) is 6.54 Å².